The first-order valence-electron chi connectivity index (χ1n) is 9.44. The van der Waals surface area contributed by atoms with E-state index in [2.05, 4.69) is 4.98 Å². The van der Waals surface area contributed by atoms with E-state index >= 15 is 0 Å². The Labute approximate surface area is 158 Å². The van der Waals surface area contributed by atoms with Crippen LogP contribution in [0, 0.1) is 13.8 Å². The van der Waals surface area contributed by atoms with Crippen LogP contribution in [-0.4, -0.2) is 39.1 Å². The highest BCUT2D eigenvalue weighted by molar-refractivity contribution is 6.09. The second kappa shape index (κ2) is 6.99. The molecule has 1 aliphatic rings. The van der Waals surface area contributed by atoms with Gasteiger partial charge < -0.3 is 4.90 Å². The summed E-state index contributed by atoms with van der Waals surface area (Å²) in [4.78, 5) is 32.4. The number of benzene rings is 1. The normalized spacial score (nSPS) is 14.5. The number of nitrogens with zero attached hydrogens (tertiary/aromatic N) is 3. The maximum atomic E-state index is 13.1. The molecule has 3 aromatic rings. The molecular weight excluding hydrogens is 338 g/mol. The third kappa shape index (κ3) is 3.25. The summed E-state index contributed by atoms with van der Waals surface area (Å²) in [5.74, 6) is -0.0526. The van der Waals surface area contributed by atoms with Gasteiger partial charge in [0.05, 0.1) is 11.3 Å². The number of fused-ring (bicyclic) bond motifs is 1. The Kier molecular flexibility index (Phi) is 4.52. The molecule has 0 saturated carbocycles. The van der Waals surface area contributed by atoms with Gasteiger partial charge in [-0.05, 0) is 51.3 Å². The molecule has 0 radical (unpaired) electrons. The van der Waals surface area contributed by atoms with Crippen molar-refractivity contribution in [1.82, 2.24) is 14.3 Å². The molecule has 1 fully saturated rings. The summed E-state index contributed by atoms with van der Waals surface area (Å²) in [6.07, 6.45) is 5.04. The molecule has 0 unspecified atom stereocenters. The molecule has 1 aliphatic heterocycles. The van der Waals surface area contributed by atoms with Gasteiger partial charge in [-0.3, -0.25) is 14.0 Å². The largest absolute Gasteiger partial charge is 0.339 e. The lowest BCUT2D eigenvalue weighted by Crippen LogP contribution is -2.35. The van der Waals surface area contributed by atoms with Gasteiger partial charge in [-0.2, -0.15) is 0 Å². The van der Waals surface area contributed by atoms with E-state index in [1.807, 2.05) is 49.1 Å². The van der Waals surface area contributed by atoms with Crippen molar-refractivity contribution < 1.29 is 9.59 Å². The fourth-order valence-corrected chi connectivity index (χ4v) is 3.77. The van der Waals surface area contributed by atoms with Gasteiger partial charge in [0.15, 0.2) is 0 Å². The number of hydrogen-bond donors (Lipinski definition) is 0. The Morgan fingerprint density at radius 1 is 0.963 bits per heavy atom. The minimum absolute atomic E-state index is 0.0249. The number of aryl methyl sites for hydroxylation is 2. The molecule has 0 spiro atoms. The van der Waals surface area contributed by atoms with Gasteiger partial charge in [0.1, 0.15) is 11.3 Å². The summed E-state index contributed by atoms with van der Waals surface area (Å²) in [5.41, 5.74) is 4.13. The summed E-state index contributed by atoms with van der Waals surface area (Å²) in [6.45, 7) is 5.40. The molecule has 0 N–H and O–H groups in total. The molecule has 0 bridgehead atoms. The highest BCUT2D eigenvalue weighted by Crippen LogP contribution is 2.20. The quantitative estimate of drug-likeness (QED) is 0.667. The third-order valence-corrected chi connectivity index (χ3v) is 5.18. The van der Waals surface area contributed by atoms with Crippen molar-refractivity contribution >= 4 is 17.3 Å². The van der Waals surface area contributed by atoms with Crippen LogP contribution in [0.2, 0.25) is 0 Å². The number of carbonyl (C=O) groups excluding carboxylic acids is 2. The van der Waals surface area contributed by atoms with Crippen LogP contribution in [0.1, 0.15) is 56.9 Å². The van der Waals surface area contributed by atoms with E-state index in [-0.39, 0.29) is 11.7 Å². The Balaban J connectivity index is 1.76. The second-order valence-corrected chi connectivity index (χ2v) is 7.24. The Hall–Kier alpha value is -2.95. The number of likely N-dealkylation sites (tertiary alicyclic amines) is 1. The number of ketones is 1. The molecule has 2 aromatic heterocycles. The zero-order valence-corrected chi connectivity index (χ0v) is 15.7. The van der Waals surface area contributed by atoms with E-state index in [0.717, 1.165) is 31.5 Å². The van der Waals surface area contributed by atoms with Gasteiger partial charge in [0.25, 0.3) is 5.91 Å². The molecule has 0 atom stereocenters. The van der Waals surface area contributed by atoms with Crippen LogP contribution in [0.5, 0.6) is 0 Å². The Morgan fingerprint density at radius 2 is 1.74 bits per heavy atom. The molecule has 5 nitrogen and oxygen atoms in total. The number of carbonyl (C=O) groups is 2. The Morgan fingerprint density at radius 3 is 2.48 bits per heavy atom. The number of piperidine rings is 1. The first kappa shape index (κ1) is 17.5. The maximum absolute atomic E-state index is 13.1. The summed E-state index contributed by atoms with van der Waals surface area (Å²) in [7, 11) is 0. The zero-order chi connectivity index (χ0) is 19.0. The monoisotopic (exact) mass is 361 g/mol. The van der Waals surface area contributed by atoms with E-state index in [4.69, 9.17) is 0 Å². The van der Waals surface area contributed by atoms with Crippen molar-refractivity contribution in [3.63, 3.8) is 0 Å². The van der Waals surface area contributed by atoms with Crippen molar-refractivity contribution in [3.05, 3.63) is 70.7 Å². The topological polar surface area (TPSA) is 54.7 Å². The van der Waals surface area contributed by atoms with Gasteiger partial charge in [-0.15, -0.1) is 0 Å². The molecule has 1 amide bonds. The van der Waals surface area contributed by atoms with E-state index in [0.29, 0.717) is 28.2 Å². The lowest BCUT2D eigenvalue weighted by Gasteiger charge is -2.26. The molecule has 1 saturated heterocycles. The average molecular weight is 361 g/mol. The summed E-state index contributed by atoms with van der Waals surface area (Å²) in [6, 6.07) is 11.2. The molecule has 1 aromatic carbocycles. The molecular formula is C22H23N3O2. The third-order valence-electron chi connectivity index (χ3n) is 5.18. The number of imidazole rings is 1. The van der Waals surface area contributed by atoms with Crippen molar-refractivity contribution in [2.24, 2.45) is 0 Å². The van der Waals surface area contributed by atoms with Crippen molar-refractivity contribution in [2.75, 3.05) is 13.1 Å². The fraction of sp³-hybridized carbons (Fsp3) is 0.318. The standard InChI is InChI=1S/C22H23N3O2/c1-15-7-6-8-17(13-15)21(26)20-16(2)23-19-10-9-18(14-25(19)20)22(27)24-11-4-3-5-12-24/h6-10,13-14H,3-5,11-12H2,1-2H3. The smallest absolute Gasteiger partial charge is 0.255 e. The number of aromatic nitrogens is 2. The maximum Gasteiger partial charge on any atom is 0.255 e. The SMILES string of the molecule is Cc1cccc(C(=O)c2c(C)nc3ccc(C(=O)N4CCCCC4)cn23)c1. The fourth-order valence-electron chi connectivity index (χ4n) is 3.77. The highest BCUT2D eigenvalue weighted by Gasteiger charge is 2.22. The molecule has 0 aliphatic carbocycles. The van der Waals surface area contributed by atoms with Gasteiger partial charge in [-0.1, -0.05) is 23.8 Å². The van der Waals surface area contributed by atoms with Crippen molar-refractivity contribution in [2.45, 2.75) is 33.1 Å². The number of hydrogen-bond acceptors (Lipinski definition) is 3. The van der Waals surface area contributed by atoms with E-state index in [9.17, 15) is 9.59 Å². The Bertz CT molecular complexity index is 1030. The lowest BCUT2D eigenvalue weighted by molar-refractivity contribution is 0.0723. The zero-order valence-electron chi connectivity index (χ0n) is 15.7. The predicted molar refractivity (Wildman–Crippen MR) is 104 cm³/mol. The summed E-state index contributed by atoms with van der Waals surface area (Å²) in [5, 5.41) is 0. The molecule has 3 heterocycles. The van der Waals surface area contributed by atoms with Crippen LogP contribution < -0.4 is 0 Å². The minimum atomic E-state index is -0.0775. The van der Waals surface area contributed by atoms with Crippen LogP contribution >= 0.6 is 0 Å². The van der Waals surface area contributed by atoms with Gasteiger partial charge in [-0.25, -0.2) is 4.98 Å². The van der Waals surface area contributed by atoms with Crippen LogP contribution in [0.25, 0.3) is 5.65 Å². The molecule has 4 rings (SSSR count). The lowest BCUT2D eigenvalue weighted by atomic mass is 10.0. The molecule has 27 heavy (non-hydrogen) atoms. The van der Waals surface area contributed by atoms with Gasteiger partial charge >= 0.3 is 0 Å². The number of amides is 1. The van der Waals surface area contributed by atoms with Gasteiger partial charge in [0.2, 0.25) is 5.78 Å². The average Bonchev–Trinajstić information content (AvgIpc) is 3.02. The first-order chi connectivity index (χ1) is 13.0. The van der Waals surface area contributed by atoms with Crippen LogP contribution in [0.3, 0.4) is 0 Å². The van der Waals surface area contributed by atoms with E-state index in [1.165, 1.54) is 6.42 Å². The molecule has 5 heteroatoms. The summed E-state index contributed by atoms with van der Waals surface area (Å²) < 4.78 is 1.76. The van der Waals surface area contributed by atoms with Crippen LogP contribution in [0.15, 0.2) is 42.6 Å². The minimum Gasteiger partial charge on any atom is -0.339 e. The van der Waals surface area contributed by atoms with Gasteiger partial charge in [0, 0.05) is 24.8 Å². The predicted octanol–water partition coefficient (Wildman–Crippen LogP) is 3.81. The van der Waals surface area contributed by atoms with Crippen LogP contribution in [0.4, 0.5) is 0 Å². The van der Waals surface area contributed by atoms with Crippen molar-refractivity contribution in [3.8, 4) is 0 Å². The second-order valence-electron chi connectivity index (χ2n) is 7.24. The molecule has 138 valence electrons. The summed E-state index contributed by atoms with van der Waals surface area (Å²) >= 11 is 0. The van der Waals surface area contributed by atoms with E-state index < -0.39 is 0 Å². The number of pyridine rings is 1. The van der Waals surface area contributed by atoms with Crippen molar-refractivity contribution in [1.29, 1.82) is 0 Å². The number of rotatable bonds is 3. The first-order valence-corrected chi connectivity index (χ1v) is 9.44. The highest BCUT2D eigenvalue weighted by atomic mass is 16.2. The van der Waals surface area contributed by atoms with Crippen LogP contribution in [-0.2, 0) is 0 Å². The van der Waals surface area contributed by atoms with E-state index in [1.54, 1.807) is 16.7 Å².